The minimum absolute atomic E-state index is 0.0340. The first-order chi connectivity index (χ1) is 8.34. The molecule has 0 saturated heterocycles. The lowest BCUT2D eigenvalue weighted by atomic mass is 9.68. The van der Waals surface area contributed by atoms with Crippen molar-refractivity contribution in [1.82, 2.24) is 15.0 Å². The number of hydrogen-bond acceptors (Lipinski definition) is 3. The summed E-state index contributed by atoms with van der Waals surface area (Å²) in [5.41, 5.74) is 7.98. The van der Waals surface area contributed by atoms with Gasteiger partial charge in [0.05, 0.1) is 5.69 Å². The van der Waals surface area contributed by atoms with Gasteiger partial charge in [0.2, 0.25) is 0 Å². The molecule has 1 fully saturated rings. The highest BCUT2D eigenvalue weighted by Crippen LogP contribution is 2.41. The smallest absolute Gasteiger partial charge is 0.136 e. The lowest BCUT2D eigenvalue weighted by Crippen LogP contribution is -2.43. The fraction of sp³-hybridized carbons (Fsp3) is 0.385. The van der Waals surface area contributed by atoms with Gasteiger partial charge in [-0.2, -0.15) is 0 Å². The molecule has 3 rings (SSSR count). The molecule has 2 heterocycles. The average molecular weight is 228 g/mol. The van der Waals surface area contributed by atoms with E-state index in [0.717, 1.165) is 29.9 Å². The normalized spacial score (nSPS) is 17.7. The van der Waals surface area contributed by atoms with Crippen molar-refractivity contribution in [1.29, 1.82) is 0 Å². The monoisotopic (exact) mass is 228 g/mol. The maximum Gasteiger partial charge on any atom is 0.136 e. The zero-order valence-corrected chi connectivity index (χ0v) is 9.69. The van der Waals surface area contributed by atoms with Gasteiger partial charge < -0.3 is 10.7 Å². The number of nitrogens with one attached hydrogen (secondary N) is 1. The topological polar surface area (TPSA) is 67.6 Å². The fourth-order valence-electron chi connectivity index (χ4n) is 2.38. The third-order valence-electron chi connectivity index (χ3n) is 3.73. The lowest BCUT2D eigenvalue weighted by molar-refractivity contribution is 0.238. The summed E-state index contributed by atoms with van der Waals surface area (Å²) in [6.45, 7) is 0.642. The summed E-state index contributed by atoms with van der Waals surface area (Å²) in [6.07, 6.45) is 9.14. The number of nitrogens with two attached hydrogens (primary N) is 1. The Morgan fingerprint density at radius 3 is 2.82 bits per heavy atom. The molecule has 1 saturated carbocycles. The van der Waals surface area contributed by atoms with Gasteiger partial charge in [0, 0.05) is 36.1 Å². The second-order valence-electron chi connectivity index (χ2n) is 4.70. The summed E-state index contributed by atoms with van der Waals surface area (Å²) < 4.78 is 0. The fourth-order valence-corrected chi connectivity index (χ4v) is 2.38. The first-order valence-corrected chi connectivity index (χ1v) is 6.01. The summed E-state index contributed by atoms with van der Waals surface area (Å²) in [5.74, 6) is 0.907. The van der Waals surface area contributed by atoms with Crippen LogP contribution in [0.1, 0.15) is 25.1 Å². The number of hydrogen-bond donors (Lipinski definition) is 2. The van der Waals surface area contributed by atoms with Gasteiger partial charge in [0.15, 0.2) is 0 Å². The Morgan fingerprint density at radius 1 is 1.35 bits per heavy atom. The van der Waals surface area contributed by atoms with E-state index >= 15 is 0 Å². The van der Waals surface area contributed by atoms with E-state index in [1.165, 1.54) is 6.42 Å². The average Bonchev–Trinajstić information content (AvgIpc) is 2.82. The van der Waals surface area contributed by atoms with Crippen LogP contribution in [0.25, 0.3) is 11.3 Å². The quantitative estimate of drug-likeness (QED) is 0.842. The van der Waals surface area contributed by atoms with Crippen LogP contribution in [0.3, 0.4) is 0 Å². The van der Waals surface area contributed by atoms with E-state index in [1.807, 2.05) is 30.7 Å². The van der Waals surface area contributed by atoms with E-state index in [9.17, 15) is 0 Å². The molecule has 17 heavy (non-hydrogen) atoms. The minimum Gasteiger partial charge on any atom is -0.367 e. The van der Waals surface area contributed by atoms with Gasteiger partial charge in [-0.3, -0.25) is 0 Å². The van der Waals surface area contributed by atoms with Gasteiger partial charge in [-0.15, -0.1) is 0 Å². The molecule has 4 heteroatoms. The molecule has 0 amide bonds. The molecular formula is C13H16N4. The van der Waals surface area contributed by atoms with Gasteiger partial charge in [0.1, 0.15) is 5.82 Å². The molecule has 0 atom stereocenters. The van der Waals surface area contributed by atoms with Crippen molar-refractivity contribution in [3.63, 3.8) is 0 Å². The molecule has 1 aliphatic rings. The van der Waals surface area contributed by atoms with Crippen molar-refractivity contribution >= 4 is 0 Å². The third kappa shape index (κ3) is 1.65. The Morgan fingerprint density at radius 2 is 2.24 bits per heavy atom. The van der Waals surface area contributed by atoms with Crippen molar-refractivity contribution in [2.24, 2.45) is 5.73 Å². The van der Waals surface area contributed by atoms with E-state index in [2.05, 4.69) is 15.0 Å². The number of aromatic nitrogens is 3. The van der Waals surface area contributed by atoms with Crippen LogP contribution in [-0.4, -0.2) is 21.5 Å². The molecule has 88 valence electrons. The van der Waals surface area contributed by atoms with Crippen LogP contribution in [0.4, 0.5) is 0 Å². The molecular weight excluding hydrogens is 212 g/mol. The molecule has 0 aromatic carbocycles. The third-order valence-corrected chi connectivity index (χ3v) is 3.73. The summed E-state index contributed by atoms with van der Waals surface area (Å²) in [7, 11) is 0. The molecule has 0 unspecified atom stereocenters. The van der Waals surface area contributed by atoms with E-state index < -0.39 is 0 Å². The molecule has 0 bridgehead atoms. The van der Waals surface area contributed by atoms with Crippen molar-refractivity contribution in [2.45, 2.75) is 24.7 Å². The molecule has 1 aliphatic carbocycles. The van der Waals surface area contributed by atoms with Gasteiger partial charge in [-0.25, -0.2) is 9.97 Å². The van der Waals surface area contributed by atoms with Crippen molar-refractivity contribution in [3.05, 3.63) is 36.5 Å². The van der Waals surface area contributed by atoms with Crippen LogP contribution in [0.2, 0.25) is 0 Å². The summed E-state index contributed by atoms with van der Waals surface area (Å²) >= 11 is 0. The van der Waals surface area contributed by atoms with Crippen LogP contribution in [0.15, 0.2) is 30.7 Å². The van der Waals surface area contributed by atoms with Gasteiger partial charge in [-0.05, 0) is 25.0 Å². The van der Waals surface area contributed by atoms with Crippen LogP contribution in [-0.2, 0) is 5.41 Å². The van der Waals surface area contributed by atoms with Crippen LogP contribution in [0.5, 0.6) is 0 Å². The molecule has 0 radical (unpaired) electrons. The van der Waals surface area contributed by atoms with E-state index in [1.54, 1.807) is 0 Å². The molecule has 4 nitrogen and oxygen atoms in total. The van der Waals surface area contributed by atoms with Gasteiger partial charge >= 0.3 is 0 Å². The highest BCUT2D eigenvalue weighted by Gasteiger charge is 2.40. The summed E-state index contributed by atoms with van der Waals surface area (Å²) in [6, 6.07) is 3.96. The molecule has 0 spiro atoms. The van der Waals surface area contributed by atoms with Crippen molar-refractivity contribution in [2.75, 3.05) is 6.54 Å². The second-order valence-corrected chi connectivity index (χ2v) is 4.70. The SMILES string of the molecule is NCC1(c2nccc(-c3cc[nH]c3)n2)CCC1. The van der Waals surface area contributed by atoms with Gasteiger partial charge in [-0.1, -0.05) is 6.42 Å². The minimum atomic E-state index is 0.0340. The predicted molar refractivity (Wildman–Crippen MR) is 66.4 cm³/mol. The van der Waals surface area contributed by atoms with E-state index in [0.29, 0.717) is 6.54 Å². The number of rotatable bonds is 3. The Labute approximate surface area is 100 Å². The standard InChI is InChI=1S/C13H16N4/c14-9-13(4-1-5-13)12-16-7-3-11(17-12)10-2-6-15-8-10/h2-3,6-8,15H,1,4-5,9,14H2. The number of nitrogens with zero attached hydrogens (tertiary/aromatic N) is 2. The largest absolute Gasteiger partial charge is 0.367 e. The maximum atomic E-state index is 5.88. The van der Waals surface area contributed by atoms with Crippen molar-refractivity contribution < 1.29 is 0 Å². The lowest BCUT2D eigenvalue weighted by Gasteiger charge is -2.39. The molecule has 3 N–H and O–H groups in total. The first kappa shape index (κ1) is 10.5. The van der Waals surface area contributed by atoms with Crippen LogP contribution >= 0.6 is 0 Å². The first-order valence-electron chi connectivity index (χ1n) is 6.01. The maximum absolute atomic E-state index is 5.88. The van der Waals surface area contributed by atoms with E-state index in [-0.39, 0.29) is 5.41 Å². The Kier molecular flexibility index (Phi) is 2.44. The zero-order valence-electron chi connectivity index (χ0n) is 9.69. The Balaban J connectivity index is 1.99. The molecule has 0 aliphatic heterocycles. The van der Waals surface area contributed by atoms with E-state index in [4.69, 9.17) is 5.73 Å². The highest BCUT2D eigenvalue weighted by molar-refractivity contribution is 5.57. The number of aromatic amines is 1. The van der Waals surface area contributed by atoms with Gasteiger partial charge in [0.25, 0.3) is 0 Å². The Bertz CT molecular complexity index is 494. The highest BCUT2D eigenvalue weighted by atomic mass is 14.9. The second kappa shape index (κ2) is 3.96. The summed E-state index contributed by atoms with van der Waals surface area (Å²) in [5, 5.41) is 0. The Hall–Kier alpha value is -1.68. The van der Waals surface area contributed by atoms with Crippen molar-refractivity contribution in [3.8, 4) is 11.3 Å². The molecule has 2 aromatic rings. The molecule has 2 aromatic heterocycles. The van der Waals surface area contributed by atoms with Crippen LogP contribution in [0, 0.1) is 0 Å². The number of H-pyrrole nitrogens is 1. The zero-order chi connectivity index (χ0) is 11.7. The summed E-state index contributed by atoms with van der Waals surface area (Å²) in [4.78, 5) is 12.1. The predicted octanol–water partition coefficient (Wildman–Crippen LogP) is 1.85. The van der Waals surface area contributed by atoms with Crippen LogP contribution < -0.4 is 5.73 Å².